The molecule has 1 saturated carbocycles. The fourth-order valence-electron chi connectivity index (χ4n) is 6.86. The lowest BCUT2D eigenvalue weighted by Crippen LogP contribution is -2.34. The van der Waals surface area contributed by atoms with Crippen molar-refractivity contribution in [3.05, 3.63) is 77.4 Å². The summed E-state index contributed by atoms with van der Waals surface area (Å²) in [5.41, 5.74) is 4.28. The molecule has 3 aromatic rings. The van der Waals surface area contributed by atoms with Gasteiger partial charge in [0.1, 0.15) is 12.4 Å². The Labute approximate surface area is 281 Å². The average Bonchev–Trinajstić information content (AvgIpc) is 3.08. The van der Waals surface area contributed by atoms with Gasteiger partial charge < -0.3 is 14.6 Å². The van der Waals surface area contributed by atoms with Gasteiger partial charge in [0.15, 0.2) is 11.6 Å². The van der Waals surface area contributed by atoms with E-state index in [4.69, 9.17) is 14.6 Å². The maximum atomic E-state index is 15.7. The van der Waals surface area contributed by atoms with Crippen molar-refractivity contribution in [2.24, 2.45) is 5.92 Å². The maximum Gasteiger partial charge on any atom is 0.308 e. The highest BCUT2D eigenvalue weighted by atomic mass is 28.3. The van der Waals surface area contributed by atoms with E-state index >= 15 is 8.78 Å². The average molecular weight is 665 g/mol. The predicted molar refractivity (Wildman–Crippen MR) is 190 cm³/mol. The van der Waals surface area contributed by atoms with Gasteiger partial charge in [-0.05, 0) is 72.4 Å². The molecule has 4 rings (SSSR count). The van der Waals surface area contributed by atoms with Gasteiger partial charge in [-0.25, -0.2) is 8.78 Å². The number of hydrogen-bond donors (Lipinski definition) is 1. The Morgan fingerprint density at radius 1 is 0.872 bits per heavy atom. The third-order valence-corrected chi connectivity index (χ3v) is 14.5. The molecule has 0 unspecified atom stereocenters. The molecule has 0 radical (unpaired) electrons. The molecular formula is C40H54F2O4Si. The summed E-state index contributed by atoms with van der Waals surface area (Å²) in [5, 5.41) is 9.02. The predicted octanol–water partition coefficient (Wildman–Crippen LogP) is 11.1. The maximum absolute atomic E-state index is 15.7. The van der Waals surface area contributed by atoms with Crippen LogP contribution in [0.4, 0.5) is 8.78 Å². The Kier molecular flexibility index (Phi) is 13.6. The summed E-state index contributed by atoms with van der Waals surface area (Å²) in [6.07, 6.45) is 9.93. The largest absolute Gasteiger partial charge is 0.493 e. The van der Waals surface area contributed by atoms with Crippen LogP contribution < -0.4 is 4.74 Å². The first-order valence-electron chi connectivity index (χ1n) is 17.7. The second-order valence-electron chi connectivity index (χ2n) is 14.3. The van der Waals surface area contributed by atoms with Gasteiger partial charge in [0.25, 0.3) is 0 Å². The number of esters is 1. The molecule has 1 aliphatic rings. The molecule has 1 aliphatic carbocycles. The van der Waals surface area contributed by atoms with Crippen molar-refractivity contribution in [3.63, 3.8) is 0 Å². The quantitative estimate of drug-likeness (QED) is 0.0940. The van der Waals surface area contributed by atoms with E-state index in [1.54, 1.807) is 44.2 Å². The zero-order chi connectivity index (χ0) is 34.0. The van der Waals surface area contributed by atoms with Crippen LogP contribution in [0.15, 0.2) is 54.6 Å². The summed E-state index contributed by atoms with van der Waals surface area (Å²) < 4.78 is 42.7. The minimum atomic E-state index is -1.19. The first-order valence-corrected chi connectivity index (χ1v) is 21.0. The first kappa shape index (κ1) is 36.8. The van der Waals surface area contributed by atoms with Gasteiger partial charge in [0.05, 0.1) is 20.6 Å². The molecule has 1 N–H and O–H groups in total. The van der Waals surface area contributed by atoms with Crippen LogP contribution in [-0.2, 0) is 16.1 Å². The van der Waals surface area contributed by atoms with Crippen molar-refractivity contribution < 1.29 is 28.2 Å². The van der Waals surface area contributed by atoms with Crippen molar-refractivity contribution in [2.45, 2.75) is 116 Å². The topological polar surface area (TPSA) is 55.8 Å². The number of carbonyl (C=O) groups is 1. The minimum Gasteiger partial charge on any atom is -0.493 e. The smallest absolute Gasteiger partial charge is 0.308 e. The Morgan fingerprint density at radius 2 is 1.51 bits per heavy atom. The molecule has 0 spiro atoms. The third-order valence-electron chi connectivity index (χ3n) is 10.1. The standard InChI is InChI=1S/C40H54F2O4Si/c1-6-7-25-47(4,5)34-18-15-30(16-19-34)29-11-13-31(14-12-29)35-20-21-36(39(42)38(35)41)32-17-22-37(45-24-10-8-9-23-43)33(26-32)27-46-40(44)28(2)3/h11-14,17,20-22,26,28,30,34,43H,6-10,15-16,18-19,23-25,27H2,1-5H3. The van der Waals surface area contributed by atoms with Crippen LogP contribution in [0, 0.1) is 17.6 Å². The van der Waals surface area contributed by atoms with E-state index in [9.17, 15) is 4.79 Å². The van der Waals surface area contributed by atoms with Crippen LogP contribution in [0.1, 0.15) is 95.6 Å². The highest BCUT2D eigenvalue weighted by Crippen LogP contribution is 2.45. The molecule has 0 aromatic heterocycles. The summed E-state index contributed by atoms with van der Waals surface area (Å²) in [6, 6.07) is 17.8. The van der Waals surface area contributed by atoms with Crippen LogP contribution in [0.5, 0.6) is 5.75 Å². The van der Waals surface area contributed by atoms with Crippen molar-refractivity contribution in [1.29, 1.82) is 0 Å². The van der Waals surface area contributed by atoms with Crippen LogP contribution in [0.3, 0.4) is 0 Å². The Bertz CT molecular complexity index is 1450. The number of aliphatic hydroxyl groups excluding tert-OH is 1. The Morgan fingerprint density at radius 3 is 2.13 bits per heavy atom. The Hall–Kier alpha value is -3.03. The summed E-state index contributed by atoms with van der Waals surface area (Å²) in [5.74, 6) is -1.38. The van der Waals surface area contributed by atoms with Crippen molar-refractivity contribution >= 4 is 14.0 Å². The van der Waals surface area contributed by atoms with Gasteiger partial charge >= 0.3 is 5.97 Å². The number of halogens is 2. The van der Waals surface area contributed by atoms with E-state index in [-0.39, 0.29) is 36.2 Å². The second kappa shape index (κ2) is 17.4. The van der Waals surface area contributed by atoms with Crippen molar-refractivity contribution in [2.75, 3.05) is 13.2 Å². The fourth-order valence-corrected chi connectivity index (χ4v) is 10.4. The van der Waals surface area contributed by atoms with E-state index in [0.29, 0.717) is 41.4 Å². The molecule has 7 heteroatoms. The summed E-state index contributed by atoms with van der Waals surface area (Å²) >= 11 is 0. The zero-order valence-electron chi connectivity index (χ0n) is 29.0. The van der Waals surface area contributed by atoms with Gasteiger partial charge in [-0.1, -0.05) is 108 Å². The van der Waals surface area contributed by atoms with E-state index < -0.39 is 19.7 Å². The fraction of sp³-hybridized carbons (Fsp3) is 0.525. The molecule has 3 aromatic carbocycles. The van der Waals surface area contributed by atoms with E-state index in [1.165, 1.54) is 50.1 Å². The number of rotatable bonds is 16. The van der Waals surface area contributed by atoms with Crippen LogP contribution >= 0.6 is 0 Å². The Balaban J connectivity index is 1.48. The monoisotopic (exact) mass is 664 g/mol. The SMILES string of the molecule is CCCC[Si](C)(C)C1CCC(c2ccc(-c3ccc(-c4ccc(OCCCCCO)c(COC(=O)C(C)C)c4)c(F)c3F)cc2)CC1. The molecule has 0 saturated heterocycles. The van der Waals surface area contributed by atoms with Gasteiger partial charge in [-0.2, -0.15) is 0 Å². The van der Waals surface area contributed by atoms with Crippen molar-refractivity contribution in [1.82, 2.24) is 0 Å². The highest BCUT2D eigenvalue weighted by Gasteiger charge is 2.34. The van der Waals surface area contributed by atoms with Crippen LogP contribution in [0.25, 0.3) is 22.3 Å². The molecule has 0 bridgehead atoms. The van der Waals surface area contributed by atoms with E-state index in [1.807, 2.05) is 12.1 Å². The minimum absolute atomic E-state index is 0.0361. The molecule has 4 nitrogen and oxygen atoms in total. The van der Waals surface area contributed by atoms with Crippen LogP contribution in [-0.4, -0.2) is 32.4 Å². The first-order chi connectivity index (χ1) is 22.6. The van der Waals surface area contributed by atoms with E-state index in [0.717, 1.165) is 18.4 Å². The molecule has 1 fully saturated rings. The molecule has 0 atom stereocenters. The number of unbranched alkanes of at least 4 members (excludes halogenated alkanes) is 3. The normalized spacial score (nSPS) is 16.8. The molecular weight excluding hydrogens is 611 g/mol. The van der Waals surface area contributed by atoms with Gasteiger partial charge in [0, 0.05) is 23.3 Å². The third kappa shape index (κ3) is 9.76. The summed E-state index contributed by atoms with van der Waals surface area (Å²) in [4.78, 5) is 12.2. The molecule has 47 heavy (non-hydrogen) atoms. The van der Waals surface area contributed by atoms with E-state index in [2.05, 4.69) is 32.2 Å². The number of ether oxygens (including phenoxy) is 2. The molecule has 0 heterocycles. The summed E-state index contributed by atoms with van der Waals surface area (Å²) in [7, 11) is -1.19. The highest BCUT2D eigenvalue weighted by molar-refractivity contribution is 6.78. The van der Waals surface area contributed by atoms with Gasteiger partial charge in [-0.15, -0.1) is 0 Å². The lowest BCUT2D eigenvalue weighted by Gasteiger charge is -2.38. The number of aliphatic hydroxyl groups is 1. The van der Waals surface area contributed by atoms with Gasteiger partial charge in [-0.3, -0.25) is 4.79 Å². The second-order valence-corrected chi connectivity index (χ2v) is 19.6. The molecule has 0 amide bonds. The van der Waals surface area contributed by atoms with Crippen molar-refractivity contribution in [3.8, 4) is 28.0 Å². The lowest BCUT2D eigenvalue weighted by atomic mass is 9.83. The number of carbonyl (C=O) groups excluding carboxylic acids is 1. The van der Waals surface area contributed by atoms with Crippen LogP contribution in [0.2, 0.25) is 24.7 Å². The molecule has 256 valence electrons. The number of hydrogen-bond acceptors (Lipinski definition) is 4. The lowest BCUT2D eigenvalue weighted by molar-refractivity contribution is -0.148. The van der Waals surface area contributed by atoms with Gasteiger partial charge in [0.2, 0.25) is 0 Å². The number of benzene rings is 3. The summed E-state index contributed by atoms with van der Waals surface area (Å²) in [6.45, 7) is 11.5. The zero-order valence-corrected chi connectivity index (χ0v) is 30.0. The molecule has 0 aliphatic heterocycles.